The van der Waals surface area contributed by atoms with E-state index in [2.05, 4.69) is 5.32 Å². The monoisotopic (exact) mass is 257 g/mol. The van der Waals surface area contributed by atoms with Crippen molar-refractivity contribution in [1.82, 2.24) is 5.32 Å². The van der Waals surface area contributed by atoms with Crippen molar-refractivity contribution in [2.75, 3.05) is 20.8 Å². The van der Waals surface area contributed by atoms with E-state index in [1.165, 1.54) is 5.56 Å². The van der Waals surface area contributed by atoms with Crippen LogP contribution < -0.4 is 14.8 Å². The number of ether oxygens (including phenoxy) is 2. The lowest BCUT2D eigenvalue weighted by atomic mass is 10.2. The minimum absolute atomic E-state index is 0.216. The summed E-state index contributed by atoms with van der Waals surface area (Å²) in [5.41, 5.74) is 1.17. The largest absolute Gasteiger partial charge is 0.493 e. The van der Waals surface area contributed by atoms with Crippen molar-refractivity contribution in [3.63, 3.8) is 0 Å². The molecule has 4 heteroatoms. The van der Waals surface area contributed by atoms with Gasteiger partial charge >= 0.3 is 0 Å². The third-order valence-electron chi connectivity index (χ3n) is 2.50. The van der Waals surface area contributed by atoms with Crippen molar-refractivity contribution < 1.29 is 9.47 Å². The number of alkyl halides is 1. The molecule has 1 aromatic rings. The molecule has 0 aliphatic heterocycles. The van der Waals surface area contributed by atoms with Crippen LogP contribution >= 0.6 is 11.6 Å². The molecule has 0 saturated carbocycles. The lowest BCUT2D eigenvalue weighted by Gasteiger charge is -2.10. The number of nitrogens with one attached hydrogen (secondary N) is 1. The van der Waals surface area contributed by atoms with Crippen LogP contribution in [0.2, 0.25) is 0 Å². The second-order valence-corrected chi connectivity index (χ2v) is 4.68. The second kappa shape index (κ2) is 7.41. The first-order valence-electron chi connectivity index (χ1n) is 5.73. The van der Waals surface area contributed by atoms with Gasteiger partial charge in [0.15, 0.2) is 11.5 Å². The van der Waals surface area contributed by atoms with Crippen molar-refractivity contribution in [1.29, 1.82) is 0 Å². The Bertz CT molecular complexity index is 342. The maximum absolute atomic E-state index is 5.87. The van der Waals surface area contributed by atoms with Gasteiger partial charge in [0.25, 0.3) is 0 Å². The average Bonchev–Trinajstić information content (AvgIpc) is 2.34. The van der Waals surface area contributed by atoms with Crippen LogP contribution in [0.1, 0.15) is 18.9 Å². The summed E-state index contributed by atoms with van der Waals surface area (Å²) in [7, 11) is 3.28. The van der Waals surface area contributed by atoms with Crippen LogP contribution in [0.25, 0.3) is 0 Å². The summed E-state index contributed by atoms with van der Waals surface area (Å²) in [5, 5.41) is 3.56. The topological polar surface area (TPSA) is 30.5 Å². The molecule has 17 heavy (non-hydrogen) atoms. The van der Waals surface area contributed by atoms with E-state index >= 15 is 0 Å². The first-order valence-corrected chi connectivity index (χ1v) is 6.16. The highest BCUT2D eigenvalue weighted by Gasteiger charge is 2.04. The summed E-state index contributed by atoms with van der Waals surface area (Å²) in [5.74, 6) is 1.52. The molecule has 0 aliphatic carbocycles. The summed E-state index contributed by atoms with van der Waals surface area (Å²) in [4.78, 5) is 0. The Hall–Kier alpha value is -0.930. The average molecular weight is 258 g/mol. The molecule has 0 fully saturated rings. The van der Waals surface area contributed by atoms with Crippen LogP contribution in [0.4, 0.5) is 0 Å². The van der Waals surface area contributed by atoms with E-state index in [1.807, 2.05) is 25.1 Å². The first-order chi connectivity index (χ1) is 8.17. The zero-order valence-electron chi connectivity index (χ0n) is 10.6. The number of benzene rings is 1. The smallest absolute Gasteiger partial charge is 0.161 e. The molecular formula is C13H20ClNO2. The Labute approximate surface area is 108 Å². The molecule has 0 saturated heterocycles. The van der Waals surface area contributed by atoms with E-state index in [0.29, 0.717) is 0 Å². The predicted molar refractivity (Wildman–Crippen MR) is 71.2 cm³/mol. The molecule has 1 aromatic carbocycles. The Morgan fingerprint density at radius 1 is 1.24 bits per heavy atom. The van der Waals surface area contributed by atoms with Crippen molar-refractivity contribution in [2.24, 2.45) is 0 Å². The Kier molecular flexibility index (Phi) is 6.16. The van der Waals surface area contributed by atoms with Gasteiger partial charge in [0, 0.05) is 11.9 Å². The van der Waals surface area contributed by atoms with Gasteiger partial charge in [-0.2, -0.15) is 0 Å². The molecule has 0 heterocycles. The fraction of sp³-hybridized carbons (Fsp3) is 0.538. The van der Waals surface area contributed by atoms with E-state index in [4.69, 9.17) is 21.1 Å². The van der Waals surface area contributed by atoms with Crippen LogP contribution in [0.5, 0.6) is 11.5 Å². The highest BCUT2D eigenvalue weighted by Crippen LogP contribution is 2.27. The lowest BCUT2D eigenvalue weighted by molar-refractivity contribution is 0.354. The van der Waals surface area contributed by atoms with E-state index in [1.54, 1.807) is 14.2 Å². The van der Waals surface area contributed by atoms with Gasteiger partial charge in [0.2, 0.25) is 0 Å². The molecule has 1 atom stereocenters. The number of rotatable bonds is 7. The van der Waals surface area contributed by atoms with Gasteiger partial charge in [0.1, 0.15) is 0 Å². The molecule has 0 aromatic heterocycles. The molecule has 1 rings (SSSR count). The summed E-state index contributed by atoms with van der Waals surface area (Å²) < 4.78 is 10.4. The van der Waals surface area contributed by atoms with E-state index < -0.39 is 0 Å². The van der Waals surface area contributed by atoms with Gasteiger partial charge in [-0.15, -0.1) is 11.6 Å². The van der Waals surface area contributed by atoms with Crippen LogP contribution in [-0.2, 0) is 6.54 Å². The number of hydrogen-bond acceptors (Lipinski definition) is 3. The molecule has 1 N–H and O–H groups in total. The van der Waals surface area contributed by atoms with Crippen LogP contribution in [0, 0.1) is 0 Å². The van der Waals surface area contributed by atoms with Crippen LogP contribution in [-0.4, -0.2) is 26.1 Å². The van der Waals surface area contributed by atoms with E-state index in [0.717, 1.165) is 31.0 Å². The SMILES string of the molecule is COc1ccc(CNCCC(C)Cl)cc1OC. The van der Waals surface area contributed by atoms with Gasteiger partial charge in [0.05, 0.1) is 14.2 Å². The molecule has 96 valence electrons. The fourth-order valence-electron chi connectivity index (χ4n) is 1.52. The minimum atomic E-state index is 0.216. The van der Waals surface area contributed by atoms with Crippen molar-refractivity contribution in [3.8, 4) is 11.5 Å². The van der Waals surface area contributed by atoms with Gasteiger partial charge in [-0.1, -0.05) is 6.07 Å². The number of hydrogen-bond donors (Lipinski definition) is 1. The summed E-state index contributed by atoms with van der Waals surface area (Å²) in [6.45, 7) is 3.72. The molecule has 1 unspecified atom stereocenters. The van der Waals surface area contributed by atoms with Crippen molar-refractivity contribution in [3.05, 3.63) is 23.8 Å². The molecule has 0 spiro atoms. The lowest BCUT2D eigenvalue weighted by Crippen LogP contribution is -2.17. The Morgan fingerprint density at radius 3 is 2.53 bits per heavy atom. The van der Waals surface area contributed by atoms with Gasteiger partial charge in [-0.05, 0) is 37.6 Å². The number of methoxy groups -OCH3 is 2. The molecule has 0 amide bonds. The zero-order chi connectivity index (χ0) is 12.7. The van der Waals surface area contributed by atoms with E-state index in [-0.39, 0.29) is 5.38 Å². The Morgan fingerprint density at radius 2 is 1.94 bits per heavy atom. The van der Waals surface area contributed by atoms with E-state index in [9.17, 15) is 0 Å². The molecule has 0 bridgehead atoms. The normalized spacial score (nSPS) is 12.2. The van der Waals surface area contributed by atoms with Gasteiger partial charge in [-0.3, -0.25) is 0 Å². The number of halogens is 1. The fourth-order valence-corrected chi connectivity index (χ4v) is 1.63. The molecule has 0 radical (unpaired) electrons. The van der Waals surface area contributed by atoms with Crippen LogP contribution in [0.15, 0.2) is 18.2 Å². The molecular weight excluding hydrogens is 238 g/mol. The molecule has 3 nitrogen and oxygen atoms in total. The maximum atomic E-state index is 5.87. The predicted octanol–water partition coefficient (Wildman–Crippen LogP) is 2.81. The summed E-state index contributed by atoms with van der Waals surface area (Å²) in [6.07, 6.45) is 0.967. The minimum Gasteiger partial charge on any atom is -0.493 e. The second-order valence-electron chi connectivity index (χ2n) is 3.94. The third-order valence-corrected chi connectivity index (χ3v) is 2.71. The maximum Gasteiger partial charge on any atom is 0.161 e. The highest BCUT2D eigenvalue weighted by atomic mass is 35.5. The van der Waals surface area contributed by atoms with Crippen molar-refractivity contribution in [2.45, 2.75) is 25.3 Å². The van der Waals surface area contributed by atoms with Crippen LogP contribution in [0.3, 0.4) is 0 Å². The standard InChI is InChI=1S/C13H20ClNO2/c1-10(14)6-7-15-9-11-4-5-12(16-2)13(8-11)17-3/h4-5,8,10,15H,6-7,9H2,1-3H3. The molecule has 0 aliphatic rings. The van der Waals surface area contributed by atoms with Gasteiger partial charge < -0.3 is 14.8 Å². The Balaban J connectivity index is 2.48. The summed E-state index contributed by atoms with van der Waals surface area (Å²) in [6, 6.07) is 5.93. The van der Waals surface area contributed by atoms with Gasteiger partial charge in [-0.25, -0.2) is 0 Å². The van der Waals surface area contributed by atoms with Crippen molar-refractivity contribution >= 4 is 11.6 Å². The quantitative estimate of drug-likeness (QED) is 0.602. The zero-order valence-corrected chi connectivity index (χ0v) is 11.4. The highest BCUT2D eigenvalue weighted by molar-refractivity contribution is 6.20. The third kappa shape index (κ3) is 4.84. The summed E-state index contributed by atoms with van der Waals surface area (Å²) >= 11 is 5.87. The first kappa shape index (κ1) is 14.1.